The van der Waals surface area contributed by atoms with Gasteiger partial charge in [0.1, 0.15) is 10.6 Å². The molecular formula is C11H14N2O5S. The molecule has 1 atom stereocenters. The Morgan fingerprint density at radius 2 is 2.21 bits per heavy atom. The second-order valence-corrected chi connectivity index (χ2v) is 5.78. The lowest BCUT2D eigenvalue weighted by atomic mass is 10.2. The monoisotopic (exact) mass is 286 g/mol. The predicted molar refractivity (Wildman–Crippen MR) is 64.8 cm³/mol. The molecule has 1 unspecified atom stereocenters. The summed E-state index contributed by atoms with van der Waals surface area (Å²) in [5.74, 6) is 0.211. The SMILES string of the molecule is Cc1noc(C)c1S(=O)(=O)NCC(O)c1ccoc1. The first kappa shape index (κ1) is 13.8. The molecule has 0 aliphatic carbocycles. The van der Waals surface area contributed by atoms with Crippen molar-refractivity contribution in [1.29, 1.82) is 0 Å². The van der Waals surface area contributed by atoms with Crippen LogP contribution in [0.2, 0.25) is 0 Å². The summed E-state index contributed by atoms with van der Waals surface area (Å²) in [5.41, 5.74) is 0.782. The van der Waals surface area contributed by atoms with Gasteiger partial charge in [-0.25, -0.2) is 13.1 Å². The third kappa shape index (κ3) is 2.86. The summed E-state index contributed by atoms with van der Waals surface area (Å²) in [4.78, 5) is 0.00638. The highest BCUT2D eigenvalue weighted by molar-refractivity contribution is 7.89. The molecule has 2 heterocycles. The topological polar surface area (TPSA) is 106 Å². The smallest absolute Gasteiger partial charge is 0.246 e. The Labute approximate surface area is 110 Å². The quantitative estimate of drug-likeness (QED) is 0.845. The van der Waals surface area contributed by atoms with Crippen LogP contribution in [0.15, 0.2) is 32.4 Å². The van der Waals surface area contributed by atoms with Crippen molar-refractivity contribution in [3.05, 3.63) is 35.6 Å². The van der Waals surface area contributed by atoms with Crippen LogP contribution >= 0.6 is 0 Å². The van der Waals surface area contributed by atoms with E-state index in [2.05, 4.69) is 9.88 Å². The molecule has 0 spiro atoms. The summed E-state index contributed by atoms with van der Waals surface area (Å²) in [6, 6.07) is 1.56. The molecule has 2 N–H and O–H groups in total. The van der Waals surface area contributed by atoms with Gasteiger partial charge >= 0.3 is 0 Å². The van der Waals surface area contributed by atoms with Crippen LogP contribution < -0.4 is 4.72 Å². The zero-order valence-electron chi connectivity index (χ0n) is 10.5. The van der Waals surface area contributed by atoms with Crippen molar-refractivity contribution in [3.63, 3.8) is 0 Å². The van der Waals surface area contributed by atoms with Gasteiger partial charge in [-0.05, 0) is 19.9 Å². The molecule has 8 heteroatoms. The lowest BCUT2D eigenvalue weighted by Gasteiger charge is -2.10. The Balaban J connectivity index is 2.11. The number of aliphatic hydroxyl groups excluding tert-OH is 1. The predicted octanol–water partition coefficient (Wildman–Crippen LogP) is 0.896. The number of aromatic nitrogens is 1. The number of furan rings is 1. The number of aryl methyl sites for hydroxylation is 2. The van der Waals surface area contributed by atoms with E-state index in [1.807, 2.05) is 0 Å². The molecule has 0 fully saturated rings. The van der Waals surface area contributed by atoms with Gasteiger partial charge in [0.25, 0.3) is 0 Å². The molecule has 2 aromatic heterocycles. The summed E-state index contributed by atoms with van der Waals surface area (Å²) in [7, 11) is -3.76. The minimum Gasteiger partial charge on any atom is -0.472 e. The van der Waals surface area contributed by atoms with E-state index in [1.54, 1.807) is 6.07 Å². The number of nitrogens with zero attached hydrogens (tertiary/aromatic N) is 1. The van der Waals surface area contributed by atoms with Crippen LogP contribution in [0.5, 0.6) is 0 Å². The van der Waals surface area contributed by atoms with Crippen molar-refractivity contribution in [2.75, 3.05) is 6.54 Å². The minimum absolute atomic E-state index is 0.00638. The molecule has 0 saturated carbocycles. The average molecular weight is 286 g/mol. The Morgan fingerprint density at radius 3 is 2.74 bits per heavy atom. The van der Waals surface area contributed by atoms with Crippen LogP contribution in [0, 0.1) is 13.8 Å². The fourth-order valence-corrected chi connectivity index (χ4v) is 3.07. The fourth-order valence-electron chi connectivity index (χ4n) is 1.70. The molecule has 0 aromatic carbocycles. The van der Waals surface area contributed by atoms with Crippen LogP contribution in [0.4, 0.5) is 0 Å². The van der Waals surface area contributed by atoms with Crippen molar-refractivity contribution in [2.24, 2.45) is 0 Å². The molecule has 2 rings (SSSR count). The zero-order valence-corrected chi connectivity index (χ0v) is 11.3. The van der Waals surface area contributed by atoms with E-state index in [-0.39, 0.29) is 22.9 Å². The molecule has 104 valence electrons. The van der Waals surface area contributed by atoms with Crippen LogP contribution in [-0.2, 0) is 10.0 Å². The number of nitrogens with one attached hydrogen (secondary N) is 1. The zero-order chi connectivity index (χ0) is 14.0. The fraction of sp³-hybridized carbons (Fsp3) is 0.364. The first-order chi connectivity index (χ1) is 8.92. The number of rotatable bonds is 5. The second-order valence-electron chi connectivity index (χ2n) is 4.08. The average Bonchev–Trinajstić information content (AvgIpc) is 2.96. The minimum atomic E-state index is -3.76. The second kappa shape index (κ2) is 5.16. The maximum absolute atomic E-state index is 12.1. The normalized spacial score (nSPS) is 13.6. The van der Waals surface area contributed by atoms with Gasteiger partial charge in [-0.15, -0.1) is 0 Å². The molecule has 7 nitrogen and oxygen atoms in total. The summed E-state index contributed by atoms with van der Waals surface area (Å²) in [6.45, 7) is 2.89. The van der Waals surface area contributed by atoms with Gasteiger partial charge in [-0.2, -0.15) is 0 Å². The highest BCUT2D eigenvalue weighted by Crippen LogP contribution is 2.19. The number of sulfonamides is 1. The van der Waals surface area contributed by atoms with E-state index < -0.39 is 16.1 Å². The standard InChI is InChI=1S/C11H14N2O5S/c1-7-11(8(2)18-13-7)19(15,16)12-5-10(14)9-3-4-17-6-9/h3-4,6,10,12,14H,5H2,1-2H3. The third-order valence-electron chi connectivity index (χ3n) is 2.63. The molecular weight excluding hydrogens is 272 g/mol. The molecule has 0 amide bonds. The first-order valence-electron chi connectivity index (χ1n) is 5.54. The number of hydrogen-bond acceptors (Lipinski definition) is 6. The molecule has 0 saturated heterocycles. The van der Waals surface area contributed by atoms with Crippen molar-refractivity contribution >= 4 is 10.0 Å². The molecule has 0 radical (unpaired) electrons. The Morgan fingerprint density at radius 1 is 1.47 bits per heavy atom. The maximum Gasteiger partial charge on any atom is 0.246 e. The van der Waals surface area contributed by atoms with E-state index in [1.165, 1.54) is 26.4 Å². The molecule has 0 aliphatic heterocycles. The van der Waals surface area contributed by atoms with Gasteiger partial charge in [0.05, 0.1) is 18.6 Å². The molecule has 2 aromatic rings. The Bertz CT molecular complexity index is 625. The molecule has 0 bridgehead atoms. The van der Waals surface area contributed by atoms with E-state index in [4.69, 9.17) is 8.94 Å². The van der Waals surface area contributed by atoms with Gasteiger partial charge in [0.15, 0.2) is 5.76 Å². The van der Waals surface area contributed by atoms with Crippen molar-refractivity contribution in [2.45, 2.75) is 24.8 Å². The summed E-state index contributed by atoms with van der Waals surface area (Å²) < 4.78 is 36.1. The highest BCUT2D eigenvalue weighted by Gasteiger charge is 2.25. The van der Waals surface area contributed by atoms with Crippen molar-refractivity contribution in [1.82, 2.24) is 9.88 Å². The third-order valence-corrected chi connectivity index (χ3v) is 4.30. The number of aliphatic hydroxyl groups is 1. The van der Waals surface area contributed by atoms with E-state index in [0.29, 0.717) is 5.56 Å². The van der Waals surface area contributed by atoms with Crippen molar-refractivity contribution < 1.29 is 22.5 Å². The van der Waals surface area contributed by atoms with Crippen LogP contribution in [0.25, 0.3) is 0 Å². The van der Waals surface area contributed by atoms with Gasteiger partial charge < -0.3 is 14.0 Å². The van der Waals surface area contributed by atoms with Gasteiger partial charge in [0.2, 0.25) is 10.0 Å². The van der Waals surface area contributed by atoms with Gasteiger partial charge in [-0.3, -0.25) is 0 Å². The van der Waals surface area contributed by atoms with E-state index >= 15 is 0 Å². The van der Waals surface area contributed by atoms with Crippen LogP contribution in [0.1, 0.15) is 23.1 Å². The number of hydrogen-bond donors (Lipinski definition) is 2. The van der Waals surface area contributed by atoms with Crippen molar-refractivity contribution in [3.8, 4) is 0 Å². The molecule has 0 aliphatic rings. The largest absolute Gasteiger partial charge is 0.472 e. The Hall–Kier alpha value is -1.64. The van der Waals surface area contributed by atoms with Crippen LogP contribution in [-0.4, -0.2) is 25.2 Å². The summed E-state index contributed by atoms with van der Waals surface area (Å²) >= 11 is 0. The lowest BCUT2D eigenvalue weighted by molar-refractivity contribution is 0.181. The van der Waals surface area contributed by atoms with Crippen LogP contribution in [0.3, 0.4) is 0 Å². The lowest BCUT2D eigenvalue weighted by Crippen LogP contribution is -2.29. The van der Waals surface area contributed by atoms with Gasteiger partial charge in [-0.1, -0.05) is 5.16 Å². The maximum atomic E-state index is 12.1. The highest BCUT2D eigenvalue weighted by atomic mass is 32.2. The molecule has 19 heavy (non-hydrogen) atoms. The van der Waals surface area contributed by atoms with E-state index in [0.717, 1.165) is 0 Å². The Kier molecular flexibility index (Phi) is 3.74. The van der Waals surface area contributed by atoms with Gasteiger partial charge in [0, 0.05) is 12.1 Å². The summed E-state index contributed by atoms with van der Waals surface area (Å²) in [6.07, 6.45) is 1.78. The summed E-state index contributed by atoms with van der Waals surface area (Å²) in [5, 5.41) is 13.4. The van der Waals surface area contributed by atoms with E-state index in [9.17, 15) is 13.5 Å². The first-order valence-corrected chi connectivity index (χ1v) is 7.03.